The first-order valence-electron chi connectivity index (χ1n) is 20.3. The van der Waals surface area contributed by atoms with Crippen molar-refractivity contribution >= 4 is 44.6 Å². The normalized spacial score (nSPS) is 28.9. The molecule has 14 nitrogen and oxygen atoms in total. The SMILES string of the molecule is CCOc1cc2ccnc(O[C@@H]3C[C@H]4C(=O)N[C@]5(C(=O)NS(=O)(=O)C6(C)CC6)C[C@H]5/C=C\CC[C@H](C)C[C@@H](CC)[C@H](NC(=O)OC(C)(C)C(F)F)C(=O)N4C3)c2cc1F. The lowest BCUT2D eigenvalue weighted by Gasteiger charge is -2.34. The Morgan fingerprint density at radius 1 is 1.15 bits per heavy atom. The van der Waals surface area contributed by atoms with Crippen molar-refractivity contribution < 1.29 is 55.0 Å². The van der Waals surface area contributed by atoms with Crippen molar-refractivity contribution in [3.05, 3.63) is 42.4 Å². The molecule has 2 aliphatic heterocycles. The molecule has 4 aliphatic rings. The maximum Gasteiger partial charge on any atom is 0.408 e. The highest BCUT2D eigenvalue weighted by Gasteiger charge is 2.63. The number of pyridine rings is 1. The first-order valence-corrected chi connectivity index (χ1v) is 21.7. The van der Waals surface area contributed by atoms with Crippen molar-refractivity contribution in [1.82, 2.24) is 25.2 Å². The molecule has 6 rings (SSSR count). The first-order chi connectivity index (χ1) is 27.7. The van der Waals surface area contributed by atoms with Crippen LogP contribution in [0.1, 0.15) is 92.9 Å². The van der Waals surface area contributed by atoms with Crippen molar-refractivity contribution in [3.63, 3.8) is 0 Å². The molecule has 0 bridgehead atoms. The minimum absolute atomic E-state index is 0.00308. The highest BCUT2D eigenvalue weighted by Crippen LogP contribution is 2.48. The van der Waals surface area contributed by atoms with Crippen LogP contribution in [0.5, 0.6) is 11.6 Å². The Labute approximate surface area is 342 Å². The van der Waals surface area contributed by atoms with Gasteiger partial charge in [0.15, 0.2) is 17.2 Å². The zero-order chi connectivity index (χ0) is 43.1. The second-order valence-electron chi connectivity index (χ2n) is 17.1. The summed E-state index contributed by atoms with van der Waals surface area (Å²) in [6.45, 7) is 9.17. The number of allylic oxidation sites excluding steroid dienone is 1. The zero-order valence-electron chi connectivity index (χ0n) is 34.2. The topological polar surface area (TPSA) is 182 Å². The molecule has 0 unspecified atom stereocenters. The molecular formula is C41H54F3N5O9S. The highest BCUT2D eigenvalue weighted by molar-refractivity contribution is 7.91. The Balaban J connectivity index is 1.37. The minimum Gasteiger partial charge on any atom is -0.491 e. The Morgan fingerprint density at radius 3 is 2.54 bits per heavy atom. The summed E-state index contributed by atoms with van der Waals surface area (Å²) < 4.78 is 87.0. The second-order valence-corrected chi connectivity index (χ2v) is 19.3. The van der Waals surface area contributed by atoms with E-state index in [0.717, 1.165) is 13.8 Å². The summed E-state index contributed by atoms with van der Waals surface area (Å²) in [6.07, 6.45) is 2.68. The smallest absolute Gasteiger partial charge is 0.408 e. The van der Waals surface area contributed by atoms with Crippen molar-refractivity contribution in [2.24, 2.45) is 17.8 Å². The van der Waals surface area contributed by atoms with Gasteiger partial charge in [-0.2, -0.15) is 0 Å². The van der Waals surface area contributed by atoms with E-state index in [0.29, 0.717) is 49.3 Å². The number of carbonyl (C=O) groups excluding carboxylic acids is 4. The number of benzene rings is 1. The van der Waals surface area contributed by atoms with Crippen LogP contribution in [0.15, 0.2) is 36.5 Å². The molecule has 0 radical (unpaired) electrons. The van der Waals surface area contributed by atoms with E-state index in [1.54, 1.807) is 19.1 Å². The molecule has 2 aromatic rings. The maximum atomic E-state index is 15.1. The van der Waals surface area contributed by atoms with E-state index in [-0.39, 0.29) is 43.5 Å². The van der Waals surface area contributed by atoms with Gasteiger partial charge in [0, 0.05) is 23.9 Å². The number of sulfonamides is 1. The van der Waals surface area contributed by atoms with Crippen LogP contribution < -0.4 is 24.8 Å². The molecule has 324 valence electrons. The lowest BCUT2D eigenvalue weighted by Crippen LogP contribution is -2.59. The molecule has 2 aliphatic carbocycles. The molecule has 1 aromatic heterocycles. The van der Waals surface area contributed by atoms with Crippen molar-refractivity contribution in [2.45, 2.75) is 133 Å². The van der Waals surface area contributed by atoms with Gasteiger partial charge in [0.2, 0.25) is 27.7 Å². The summed E-state index contributed by atoms with van der Waals surface area (Å²) in [5, 5.41) is 6.20. The predicted molar refractivity (Wildman–Crippen MR) is 211 cm³/mol. The van der Waals surface area contributed by atoms with Gasteiger partial charge in [-0.3, -0.25) is 19.1 Å². The fraction of sp³-hybridized carbons (Fsp3) is 0.634. The molecule has 1 saturated heterocycles. The Bertz CT molecular complexity index is 2100. The molecule has 18 heteroatoms. The Kier molecular flexibility index (Phi) is 12.5. The van der Waals surface area contributed by atoms with E-state index < -0.39 is 92.0 Å². The van der Waals surface area contributed by atoms with E-state index in [1.807, 2.05) is 19.9 Å². The predicted octanol–water partition coefficient (Wildman–Crippen LogP) is 5.54. The van der Waals surface area contributed by atoms with Gasteiger partial charge in [-0.25, -0.2) is 31.4 Å². The molecule has 59 heavy (non-hydrogen) atoms. The molecule has 0 spiro atoms. The fourth-order valence-electron chi connectivity index (χ4n) is 7.92. The molecule has 7 atom stereocenters. The fourth-order valence-corrected chi connectivity index (χ4v) is 9.23. The summed E-state index contributed by atoms with van der Waals surface area (Å²) >= 11 is 0. The van der Waals surface area contributed by atoms with E-state index in [1.165, 1.54) is 30.2 Å². The van der Waals surface area contributed by atoms with Gasteiger partial charge in [0.05, 0.1) is 17.9 Å². The van der Waals surface area contributed by atoms with Crippen LogP contribution in [-0.2, 0) is 29.1 Å². The third-order valence-corrected chi connectivity index (χ3v) is 14.3. The maximum absolute atomic E-state index is 15.1. The average molecular weight is 850 g/mol. The molecule has 3 heterocycles. The number of nitrogens with one attached hydrogen (secondary N) is 3. The van der Waals surface area contributed by atoms with E-state index in [2.05, 4.69) is 20.3 Å². The van der Waals surface area contributed by atoms with E-state index in [4.69, 9.17) is 14.2 Å². The summed E-state index contributed by atoms with van der Waals surface area (Å²) in [6, 6.07) is 1.70. The second kappa shape index (κ2) is 16.8. The van der Waals surface area contributed by atoms with Gasteiger partial charge in [-0.05, 0) is 102 Å². The van der Waals surface area contributed by atoms with Gasteiger partial charge in [0.1, 0.15) is 23.7 Å². The number of amides is 4. The third kappa shape index (κ3) is 9.26. The van der Waals surface area contributed by atoms with Gasteiger partial charge in [0.25, 0.3) is 12.3 Å². The molecular weight excluding hydrogens is 796 g/mol. The minimum atomic E-state index is -4.08. The largest absolute Gasteiger partial charge is 0.491 e. The van der Waals surface area contributed by atoms with Crippen molar-refractivity contribution in [1.29, 1.82) is 0 Å². The molecule has 3 N–H and O–H groups in total. The summed E-state index contributed by atoms with van der Waals surface area (Å²) in [4.78, 5) is 62.2. The van der Waals surface area contributed by atoms with Crippen molar-refractivity contribution in [3.8, 4) is 11.6 Å². The number of hydrogen-bond donors (Lipinski definition) is 3. The van der Waals surface area contributed by atoms with E-state index >= 15 is 4.39 Å². The molecule has 1 aromatic carbocycles. The molecule has 4 amide bonds. The number of hydrogen-bond acceptors (Lipinski definition) is 10. The van der Waals surface area contributed by atoms with Crippen LogP contribution in [0.4, 0.5) is 18.0 Å². The summed E-state index contributed by atoms with van der Waals surface area (Å²) in [5.41, 5.74) is -3.83. The third-order valence-electron chi connectivity index (χ3n) is 12.1. The number of fused-ring (bicyclic) bond motifs is 3. The van der Waals surface area contributed by atoms with Crippen molar-refractivity contribution in [2.75, 3.05) is 13.2 Å². The van der Waals surface area contributed by atoms with Crippen LogP contribution in [-0.4, -0.2) is 95.8 Å². The standard InChI is InChI=1S/C41H54F3N5O9S/c1-7-24-17-23(3)11-9-10-12-26-21-41(26,37(52)48-59(54,55)40(6)14-15-40)47-33(50)30-19-27(22-49(30)35(51)32(24)46-38(53)58-39(4,5)36(43)44)57-34-28-20-29(42)31(56-8-2)18-25(28)13-16-45-34/h10,12-13,16,18,20,23-24,26-27,30,32,36H,7-9,11,14-15,17,19,21-22H2,1-6H3,(H,46,53)(H,47,50)(H,48,52)/b12-10-/t23-,24+,26+,27+,30-,32-,41+/m0/s1. The van der Waals surface area contributed by atoms with Crippen LogP contribution in [0, 0.1) is 23.6 Å². The van der Waals surface area contributed by atoms with Gasteiger partial charge < -0.3 is 29.7 Å². The molecule has 2 saturated carbocycles. The van der Waals surface area contributed by atoms with Gasteiger partial charge >= 0.3 is 6.09 Å². The van der Waals surface area contributed by atoms with Crippen LogP contribution in [0.25, 0.3) is 10.8 Å². The average Bonchev–Trinajstić information content (AvgIpc) is 4.05. The summed E-state index contributed by atoms with van der Waals surface area (Å²) in [7, 11) is -4.08. The number of nitrogens with zero attached hydrogens (tertiary/aromatic N) is 2. The van der Waals surface area contributed by atoms with Crippen LogP contribution >= 0.6 is 0 Å². The summed E-state index contributed by atoms with van der Waals surface area (Å²) in [5.74, 6) is -4.07. The van der Waals surface area contributed by atoms with Gasteiger partial charge in [-0.1, -0.05) is 32.4 Å². The van der Waals surface area contributed by atoms with Gasteiger partial charge in [-0.15, -0.1) is 0 Å². The van der Waals surface area contributed by atoms with Crippen LogP contribution in [0.3, 0.4) is 0 Å². The zero-order valence-corrected chi connectivity index (χ0v) is 35.0. The number of carbonyl (C=O) groups is 4. The monoisotopic (exact) mass is 849 g/mol. The number of alkyl halides is 2. The number of aromatic nitrogens is 1. The quantitative estimate of drug-likeness (QED) is 0.243. The molecule has 3 fully saturated rings. The lowest BCUT2D eigenvalue weighted by atomic mass is 9.85. The number of halogens is 3. The Morgan fingerprint density at radius 2 is 1.88 bits per heavy atom. The van der Waals surface area contributed by atoms with E-state index in [9.17, 15) is 36.4 Å². The number of alkyl carbamates (subject to hydrolysis) is 1. The first kappa shape index (κ1) is 44.0. The number of ether oxygens (including phenoxy) is 3. The lowest BCUT2D eigenvalue weighted by molar-refractivity contribution is -0.142. The highest BCUT2D eigenvalue weighted by atomic mass is 32.2. The number of rotatable bonds is 11. The van der Waals surface area contributed by atoms with Crippen LogP contribution in [0.2, 0.25) is 0 Å². The Hall–Kier alpha value is -4.61.